The molecule has 2 rings (SSSR count). The van der Waals surface area contributed by atoms with Crippen LogP contribution < -0.4 is 0 Å². The molecule has 3 atom stereocenters. The van der Waals surface area contributed by atoms with Gasteiger partial charge in [0.15, 0.2) is 0 Å². The van der Waals surface area contributed by atoms with Gasteiger partial charge in [0.2, 0.25) is 5.91 Å². The predicted octanol–water partition coefficient (Wildman–Crippen LogP) is -0.897. The zero-order chi connectivity index (χ0) is 8.72. The van der Waals surface area contributed by atoms with E-state index in [0.29, 0.717) is 13.0 Å². The number of hydrogen-bond acceptors (Lipinski definition) is 3. The molecule has 2 saturated heterocycles. The van der Waals surface area contributed by atoms with Gasteiger partial charge >= 0.3 is 0 Å². The number of aliphatic hydroxyl groups excluding tert-OH is 2. The van der Waals surface area contributed by atoms with Crippen LogP contribution in [0.5, 0.6) is 0 Å². The SMILES string of the molecule is O=C1CCC[C@H]2[C@@H](O)[C@H](O)CN12. The van der Waals surface area contributed by atoms with Gasteiger partial charge in [-0.3, -0.25) is 4.79 Å². The molecule has 0 aromatic carbocycles. The summed E-state index contributed by atoms with van der Waals surface area (Å²) in [6.07, 6.45) is 0.759. The molecule has 0 radical (unpaired) electrons. The number of amides is 1. The van der Waals surface area contributed by atoms with Crippen molar-refractivity contribution in [1.82, 2.24) is 4.90 Å². The highest BCUT2D eigenvalue weighted by atomic mass is 16.3. The van der Waals surface area contributed by atoms with E-state index in [0.717, 1.165) is 12.8 Å². The number of carbonyl (C=O) groups is 1. The number of hydrogen-bond donors (Lipinski definition) is 2. The van der Waals surface area contributed by atoms with Gasteiger partial charge in [0, 0.05) is 13.0 Å². The van der Waals surface area contributed by atoms with Crippen molar-refractivity contribution in [3.8, 4) is 0 Å². The third-order valence-corrected chi connectivity index (χ3v) is 2.78. The second kappa shape index (κ2) is 2.71. The molecule has 0 unspecified atom stereocenters. The molecule has 0 aliphatic carbocycles. The van der Waals surface area contributed by atoms with E-state index in [2.05, 4.69) is 0 Å². The first-order chi connectivity index (χ1) is 5.70. The predicted molar refractivity (Wildman–Crippen MR) is 41.4 cm³/mol. The van der Waals surface area contributed by atoms with Gasteiger partial charge in [-0.2, -0.15) is 0 Å². The summed E-state index contributed by atoms with van der Waals surface area (Å²) in [7, 11) is 0. The van der Waals surface area contributed by atoms with Gasteiger partial charge in [-0.05, 0) is 12.8 Å². The topological polar surface area (TPSA) is 60.8 Å². The summed E-state index contributed by atoms with van der Waals surface area (Å²) < 4.78 is 0. The summed E-state index contributed by atoms with van der Waals surface area (Å²) in [5.74, 6) is 0.0712. The van der Waals surface area contributed by atoms with Crippen molar-refractivity contribution < 1.29 is 15.0 Å². The molecule has 0 aromatic rings. The van der Waals surface area contributed by atoms with Crippen LogP contribution in [-0.2, 0) is 4.79 Å². The minimum absolute atomic E-state index is 0.0712. The van der Waals surface area contributed by atoms with Crippen LogP contribution in [0.15, 0.2) is 0 Å². The Morgan fingerprint density at radius 1 is 1.42 bits per heavy atom. The Bertz CT molecular complexity index is 206. The van der Waals surface area contributed by atoms with Crippen molar-refractivity contribution in [3.05, 3.63) is 0 Å². The summed E-state index contributed by atoms with van der Waals surface area (Å²) in [5.41, 5.74) is 0. The third kappa shape index (κ3) is 1.03. The molecule has 1 amide bonds. The van der Waals surface area contributed by atoms with Crippen molar-refractivity contribution in [3.63, 3.8) is 0 Å². The fourth-order valence-electron chi connectivity index (χ4n) is 2.11. The van der Waals surface area contributed by atoms with E-state index in [1.165, 1.54) is 0 Å². The quantitative estimate of drug-likeness (QED) is 0.496. The van der Waals surface area contributed by atoms with E-state index in [1.54, 1.807) is 4.90 Å². The van der Waals surface area contributed by atoms with Crippen molar-refractivity contribution in [2.75, 3.05) is 6.54 Å². The summed E-state index contributed by atoms with van der Waals surface area (Å²) in [5, 5.41) is 18.8. The molecule has 4 nitrogen and oxygen atoms in total. The van der Waals surface area contributed by atoms with Gasteiger partial charge in [-0.1, -0.05) is 0 Å². The van der Waals surface area contributed by atoms with Crippen LogP contribution in [0, 0.1) is 0 Å². The van der Waals surface area contributed by atoms with Gasteiger partial charge in [0.25, 0.3) is 0 Å². The van der Waals surface area contributed by atoms with Crippen LogP contribution >= 0.6 is 0 Å². The Kier molecular flexibility index (Phi) is 1.81. The van der Waals surface area contributed by atoms with Crippen molar-refractivity contribution >= 4 is 5.91 Å². The lowest BCUT2D eigenvalue weighted by molar-refractivity contribution is -0.135. The Hall–Kier alpha value is -0.610. The van der Waals surface area contributed by atoms with Crippen LogP contribution in [0.2, 0.25) is 0 Å². The summed E-state index contributed by atoms with van der Waals surface area (Å²) in [6.45, 7) is 0.310. The molecular formula is C8H13NO3. The second-order valence-electron chi connectivity index (χ2n) is 3.56. The Labute approximate surface area is 70.8 Å². The Morgan fingerprint density at radius 2 is 2.17 bits per heavy atom. The first-order valence-corrected chi connectivity index (χ1v) is 4.36. The Morgan fingerprint density at radius 3 is 2.83 bits per heavy atom. The molecule has 68 valence electrons. The average molecular weight is 171 g/mol. The molecule has 0 bridgehead atoms. The molecule has 2 N–H and O–H groups in total. The van der Waals surface area contributed by atoms with Gasteiger partial charge in [-0.15, -0.1) is 0 Å². The number of aliphatic hydroxyl groups is 2. The molecule has 2 heterocycles. The fraction of sp³-hybridized carbons (Fsp3) is 0.875. The van der Waals surface area contributed by atoms with E-state index in [1.807, 2.05) is 0 Å². The number of fused-ring (bicyclic) bond motifs is 1. The lowest BCUT2D eigenvalue weighted by atomic mass is 10.00. The molecule has 2 aliphatic rings. The lowest BCUT2D eigenvalue weighted by Gasteiger charge is -2.30. The van der Waals surface area contributed by atoms with Crippen molar-refractivity contribution in [2.45, 2.75) is 37.5 Å². The molecule has 0 spiro atoms. The van der Waals surface area contributed by atoms with Gasteiger partial charge in [-0.25, -0.2) is 0 Å². The van der Waals surface area contributed by atoms with Crippen LogP contribution in [0.25, 0.3) is 0 Å². The molecule has 12 heavy (non-hydrogen) atoms. The summed E-state index contributed by atoms with van der Waals surface area (Å²) >= 11 is 0. The smallest absolute Gasteiger partial charge is 0.222 e. The van der Waals surface area contributed by atoms with Crippen molar-refractivity contribution in [2.24, 2.45) is 0 Å². The monoisotopic (exact) mass is 171 g/mol. The maximum Gasteiger partial charge on any atom is 0.222 e. The normalized spacial score (nSPS) is 41.7. The maximum absolute atomic E-state index is 11.3. The lowest BCUT2D eigenvalue weighted by Crippen LogP contribution is -2.42. The number of nitrogens with zero attached hydrogens (tertiary/aromatic N) is 1. The Balaban J connectivity index is 2.16. The van der Waals surface area contributed by atoms with Gasteiger partial charge in [0.1, 0.15) is 6.10 Å². The van der Waals surface area contributed by atoms with E-state index in [9.17, 15) is 15.0 Å². The molecule has 4 heteroatoms. The molecule has 0 saturated carbocycles. The zero-order valence-electron chi connectivity index (χ0n) is 6.81. The zero-order valence-corrected chi connectivity index (χ0v) is 6.81. The number of piperidine rings is 1. The second-order valence-corrected chi connectivity index (χ2v) is 3.56. The van der Waals surface area contributed by atoms with E-state index >= 15 is 0 Å². The largest absolute Gasteiger partial charge is 0.388 e. The van der Waals surface area contributed by atoms with Crippen LogP contribution in [0.1, 0.15) is 19.3 Å². The minimum atomic E-state index is -0.739. The molecule has 2 fully saturated rings. The van der Waals surface area contributed by atoms with Crippen molar-refractivity contribution in [1.29, 1.82) is 0 Å². The highest BCUT2D eigenvalue weighted by molar-refractivity contribution is 5.77. The number of carbonyl (C=O) groups excluding carboxylic acids is 1. The van der Waals surface area contributed by atoms with E-state index in [4.69, 9.17) is 0 Å². The first kappa shape index (κ1) is 8.01. The minimum Gasteiger partial charge on any atom is -0.388 e. The van der Waals surface area contributed by atoms with Crippen LogP contribution in [0.3, 0.4) is 0 Å². The van der Waals surface area contributed by atoms with Crippen LogP contribution in [0.4, 0.5) is 0 Å². The molecule has 2 aliphatic heterocycles. The third-order valence-electron chi connectivity index (χ3n) is 2.78. The van der Waals surface area contributed by atoms with Gasteiger partial charge in [0.05, 0.1) is 12.1 Å². The fourth-order valence-corrected chi connectivity index (χ4v) is 2.11. The van der Waals surface area contributed by atoms with E-state index in [-0.39, 0.29) is 11.9 Å². The summed E-state index contributed by atoms with van der Waals surface area (Å²) in [6, 6.07) is -0.124. The summed E-state index contributed by atoms with van der Waals surface area (Å²) in [4.78, 5) is 12.9. The highest BCUT2D eigenvalue weighted by Gasteiger charge is 2.43. The van der Waals surface area contributed by atoms with Gasteiger partial charge < -0.3 is 15.1 Å². The van der Waals surface area contributed by atoms with E-state index < -0.39 is 12.2 Å². The first-order valence-electron chi connectivity index (χ1n) is 4.36. The standard InChI is InChI=1S/C8H13NO3/c10-6-4-9-5(8(6)12)2-1-3-7(9)11/h5-6,8,10,12H,1-4H2/t5-,6+,8+/m0/s1. The average Bonchev–Trinajstić information content (AvgIpc) is 2.32. The molecular weight excluding hydrogens is 158 g/mol. The number of rotatable bonds is 0. The molecule has 0 aromatic heterocycles. The van der Waals surface area contributed by atoms with Crippen LogP contribution in [-0.4, -0.2) is 45.8 Å². The maximum atomic E-state index is 11.3. The highest BCUT2D eigenvalue weighted by Crippen LogP contribution is 2.27.